The first-order chi connectivity index (χ1) is 11.7. The molecule has 1 heterocycles. The highest BCUT2D eigenvalue weighted by Gasteiger charge is 2.05. The summed E-state index contributed by atoms with van der Waals surface area (Å²) >= 11 is 0. The predicted octanol–water partition coefficient (Wildman–Crippen LogP) is 2.85. The summed E-state index contributed by atoms with van der Waals surface area (Å²) in [4.78, 5) is 8.86. The maximum absolute atomic E-state index is 5.55. The fourth-order valence-electron chi connectivity index (χ4n) is 2.18. The molecule has 0 aliphatic carbocycles. The SMILES string of the molecule is CCNC(=NCc1nc(C)c(C)o1)NCCCNc1ccccc1. The normalized spacial score (nSPS) is 11.4. The monoisotopic (exact) mass is 329 g/mol. The molecule has 0 radical (unpaired) electrons. The summed E-state index contributed by atoms with van der Waals surface area (Å²) in [6.45, 7) is 8.91. The molecule has 1 aromatic heterocycles. The molecule has 130 valence electrons. The van der Waals surface area contributed by atoms with E-state index in [1.165, 1.54) is 0 Å². The van der Waals surface area contributed by atoms with Gasteiger partial charge in [0.05, 0.1) is 5.69 Å². The zero-order valence-electron chi connectivity index (χ0n) is 14.7. The molecule has 0 bridgehead atoms. The number of nitrogens with zero attached hydrogens (tertiary/aromatic N) is 2. The first kappa shape index (κ1) is 17.8. The summed E-state index contributed by atoms with van der Waals surface area (Å²) in [5.74, 6) is 2.28. The molecular formula is C18H27N5O. The van der Waals surface area contributed by atoms with Crippen molar-refractivity contribution in [3.63, 3.8) is 0 Å². The Bertz CT molecular complexity index is 617. The van der Waals surface area contributed by atoms with Crippen molar-refractivity contribution >= 4 is 11.6 Å². The number of para-hydroxylation sites is 1. The van der Waals surface area contributed by atoms with Crippen LogP contribution in [0.4, 0.5) is 5.69 Å². The van der Waals surface area contributed by atoms with Crippen LogP contribution in [0.1, 0.15) is 30.7 Å². The summed E-state index contributed by atoms with van der Waals surface area (Å²) in [7, 11) is 0. The van der Waals surface area contributed by atoms with Crippen molar-refractivity contribution in [2.45, 2.75) is 33.7 Å². The molecule has 6 nitrogen and oxygen atoms in total. The molecule has 0 aliphatic rings. The van der Waals surface area contributed by atoms with Crippen molar-refractivity contribution in [3.8, 4) is 0 Å². The van der Waals surface area contributed by atoms with Crippen LogP contribution in [0.3, 0.4) is 0 Å². The van der Waals surface area contributed by atoms with Crippen molar-refractivity contribution in [2.24, 2.45) is 4.99 Å². The van der Waals surface area contributed by atoms with Gasteiger partial charge in [-0.3, -0.25) is 0 Å². The highest BCUT2D eigenvalue weighted by molar-refractivity contribution is 5.79. The van der Waals surface area contributed by atoms with E-state index >= 15 is 0 Å². The van der Waals surface area contributed by atoms with E-state index in [-0.39, 0.29) is 0 Å². The Morgan fingerprint density at radius 2 is 1.92 bits per heavy atom. The first-order valence-electron chi connectivity index (χ1n) is 8.43. The molecule has 0 amide bonds. The number of nitrogens with one attached hydrogen (secondary N) is 3. The number of hydrogen-bond acceptors (Lipinski definition) is 4. The molecule has 3 N–H and O–H groups in total. The maximum atomic E-state index is 5.55. The number of aromatic nitrogens is 1. The van der Waals surface area contributed by atoms with Crippen LogP contribution in [-0.2, 0) is 6.54 Å². The van der Waals surface area contributed by atoms with E-state index in [4.69, 9.17) is 4.42 Å². The number of oxazole rings is 1. The second-order valence-corrected chi connectivity index (χ2v) is 5.52. The van der Waals surface area contributed by atoms with Gasteiger partial charge >= 0.3 is 0 Å². The van der Waals surface area contributed by atoms with E-state index in [1.54, 1.807) is 0 Å². The van der Waals surface area contributed by atoms with Crippen LogP contribution in [-0.4, -0.2) is 30.6 Å². The maximum Gasteiger partial charge on any atom is 0.216 e. The van der Waals surface area contributed by atoms with Crippen molar-refractivity contribution < 1.29 is 4.42 Å². The minimum atomic E-state index is 0.437. The molecule has 1 aromatic carbocycles. The number of aryl methyl sites for hydroxylation is 2. The van der Waals surface area contributed by atoms with Crippen LogP contribution in [0.15, 0.2) is 39.7 Å². The van der Waals surface area contributed by atoms with Crippen molar-refractivity contribution in [1.29, 1.82) is 0 Å². The van der Waals surface area contributed by atoms with Crippen LogP contribution in [0.2, 0.25) is 0 Å². The molecule has 0 atom stereocenters. The van der Waals surface area contributed by atoms with Crippen molar-refractivity contribution in [3.05, 3.63) is 47.7 Å². The summed E-state index contributed by atoms with van der Waals surface area (Å²) in [6.07, 6.45) is 0.997. The number of rotatable bonds is 8. The Balaban J connectivity index is 1.73. The Kier molecular flexibility index (Phi) is 7.14. The Hall–Kier alpha value is -2.50. The molecule has 0 spiro atoms. The summed E-state index contributed by atoms with van der Waals surface area (Å²) < 4.78 is 5.55. The van der Waals surface area contributed by atoms with Crippen molar-refractivity contribution in [2.75, 3.05) is 25.0 Å². The largest absolute Gasteiger partial charge is 0.444 e. The lowest BCUT2D eigenvalue weighted by atomic mass is 10.3. The lowest BCUT2D eigenvalue weighted by Gasteiger charge is -2.11. The van der Waals surface area contributed by atoms with Gasteiger partial charge in [0.15, 0.2) is 5.96 Å². The van der Waals surface area contributed by atoms with Gasteiger partial charge in [-0.05, 0) is 39.3 Å². The topological polar surface area (TPSA) is 74.5 Å². The third kappa shape index (κ3) is 5.95. The van der Waals surface area contributed by atoms with E-state index in [0.717, 1.165) is 49.2 Å². The van der Waals surface area contributed by atoms with Gasteiger partial charge in [0.2, 0.25) is 5.89 Å². The third-order valence-electron chi connectivity index (χ3n) is 3.54. The molecular weight excluding hydrogens is 302 g/mol. The van der Waals surface area contributed by atoms with Gasteiger partial charge in [-0.1, -0.05) is 18.2 Å². The van der Waals surface area contributed by atoms with Gasteiger partial charge in [-0.2, -0.15) is 0 Å². The highest BCUT2D eigenvalue weighted by Crippen LogP contribution is 2.08. The Labute approximate surface area is 143 Å². The van der Waals surface area contributed by atoms with E-state index in [0.29, 0.717) is 12.4 Å². The van der Waals surface area contributed by atoms with Crippen LogP contribution >= 0.6 is 0 Å². The summed E-state index contributed by atoms with van der Waals surface area (Å²) in [5.41, 5.74) is 2.07. The van der Waals surface area contributed by atoms with Gasteiger partial charge in [-0.15, -0.1) is 0 Å². The van der Waals surface area contributed by atoms with Crippen LogP contribution in [0.5, 0.6) is 0 Å². The molecule has 24 heavy (non-hydrogen) atoms. The number of anilines is 1. The van der Waals surface area contributed by atoms with Gasteiger partial charge in [0.25, 0.3) is 0 Å². The Morgan fingerprint density at radius 3 is 2.58 bits per heavy atom. The molecule has 2 aromatic rings. The van der Waals surface area contributed by atoms with Gasteiger partial charge in [0.1, 0.15) is 12.3 Å². The zero-order chi connectivity index (χ0) is 17.2. The van der Waals surface area contributed by atoms with Gasteiger partial charge in [-0.25, -0.2) is 9.98 Å². The molecule has 0 saturated heterocycles. The minimum Gasteiger partial charge on any atom is -0.444 e. The van der Waals surface area contributed by atoms with Crippen LogP contribution in [0.25, 0.3) is 0 Å². The average Bonchev–Trinajstić information content (AvgIpc) is 2.91. The summed E-state index contributed by atoms with van der Waals surface area (Å²) in [5, 5.41) is 9.95. The van der Waals surface area contributed by atoms with Gasteiger partial charge in [0, 0.05) is 25.3 Å². The van der Waals surface area contributed by atoms with E-state index < -0.39 is 0 Å². The standard InChI is InChI=1S/C18H27N5O/c1-4-19-18(22-13-17-23-14(2)15(3)24-17)21-12-8-11-20-16-9-6-5-7-10-16/h5-7,9-10,20H,4,8,11-13H2,1-3H3,(H2,19,21,22). The second-order valence-electron chi connectivity index (χ2n) is 5.52. The molecule has 0 fully saturated rings. The number of benzene rings is 1. The van der Waals surface area contributed by atoms with Crippen molar-refractivity contribution in [1.82, 2.24) is 15.6 Å². The molecule has 0 aliphatic heterocycles. The van der Waals surface area contributed by atoms with E-state index in [2.05, 4.69) is 38.1 Å². The number of aliphatic imine (C=N–C) groups is 1. The van der Waals surface area contributed by atoms with Gasteiger partial charge < -0.3 is 20.4 Å². The number of guanidine groups is 1. The molecule has 0 unspecified atom stereocenters. The number of hydrogen-bond donors (Lipinski definition) is 3. The Morgan fingerprint density at radius 1 is 1.12 bits per heavy atom. The highest BCUT2D eigenvalue weighted by atomic mass is 16.4. The first-order valence-corrected chi connectivity index (χ1v) is 8.43. The zero-order valence-corrected chi connectivity index (χ0v) is 14.7. The molecule has 0 saturated carbocycles. The molecule has 6 heteroatoms. The lowest BCUT2D eigenvalue weighted by molar-refractivity contribution is 0.473. The second kappa shape index (κ2) is 9.60. The van der Waals surface area contributed by atoms with Crippen LogP contribution in [0, 0.1) is 13.8 Å². The van der Waals surface area contributed by atoms with Crippen LogP contribution < -0.4 is 16.0 Å². The fourth-order valence-corrected chi connectivity index (χ4v) is 2.18. The quantitative estimate of drug-likeness (QED) is 0.394. The summed E-state index contributed by atoms with van der Waals surface area (Å²) in [6, 6.07) is 10.2. The minimum absolute atomic E-state index is 0.437. The van der Waals surface area contributed by atoms with E-state index in [1.807, 2.05) is 39.0 Å². The third-order valence-corrected chi connectivity index (χ3v) is 3.54. The fraction of sp³-hybridized carbons (Fsp3) is 0.444. The molecule has 2 rings (SSSR count). The predicted molar refractivity (Wildman–Crippen MR) is 98.3 cm³/mol. The average molecular weight is 329 g/mol. The van der Waals surface area contributed by atoms with E-state index in [9.17, 15) is 0 Å². The lowest BCUT2D eigenvalue weighted by Crippen LogP contribution is -2.38. The smallest absolute Gasteiger partial charge is 0.216 e.